The summed E-state index contributed by atoms with van der Waals surface area (Å²) in [6, 6.07) is 55.5. The molecule has 0 aliphatic carbocycles. The minimum Gasteiger partial charge on any atom is -0.319 e. The highest BCUT2D eigenvalue weighted by Gasteiger charge is 2.18. The molecule has 0 bridgehead atoms. The Balaban J connectivity index is 1.20. The Hall–Kier alpha value is -7.39. The molecule has 5 nitrogen and oxygen atoms in total. The molecule has 9 aromatic rings. The lowest BCUT2D eigenvalue weighted by Crippen LogP contribution is -1.98. The Morgan fingerprint density at radius 1 is 0.480 bits per heavy atom. The summed E-state index contributed by atoms with van der Waals surface area (Å²) in [6.45, 7) is 7.86. The Labute approximate surface area is 288 Å². The fourth-order valence-electron chi connectivity index (χ4n) is 7.39. The Kier molecular flexibility index (Phi) is 6.56. The van der Waals surface area contributed by atoms with Gasteiger partial charge in [0.2, 0.25) is 5.69 Å². The number of nitrogens with zero attached hydrogens (tertiary/aromatic N) is 5. The average molecular weight is 636 g/mol. The lowest BCUT2D eigenvalue weighted by Gasteiger charge is -2.15. The number of fused-ring (bicyclic) bond motifs is 6. The van der Waals surface area contributed by atoms with Gasteiger partial charge in [0.05, 0.1) is 57.6 Å². The average Bonchev–Trinajstić information content (AvgIpc) is 3.70. The number of para-hydroxylation sites is 4. The molecule has 230 valence electrons. The Morgan fingerprint density at radius 2 is 1.12 bits per heavy atom. The predicted octanol–water partition coefficient (Wildman–Crippen LogP) is 11.5. The van der Waals surface area contributed by atoms with Crippen LogP contribution in [0.4, 0.5) is 5.69 Å². The van der Waals surface area contributed by atoms with E-state index in [1.165, 1.54) is 0 Å². The molecule has 0 aliphatic heterocycles. The molecule has 0 radical (unpaired) electrons. The maximum absolute atomic E-state index is 10.2. The van der Waals surface area contributed by atoms with Crippen molar-refractivity contribution < 1.29 is 0 Å². The Bertz CT molecular complexity index is 2960. The Morgan fingerprint density at radius 3 is 1.88 bits per heavy atom. The summed E-state index contributed by atoms with van der Waals surface area (Å²) in [5, 5.41) is 24.1. The molecule has 0 aliphatic rings. The van der Waals surface area contributed by atoms with Gasteiger partial charge in [0.1, 0.15) is 0 Å². The van der Waals surface area contributed by atoms with E-state index < -0.39 is 0 Å². The monoisotopic (exact) mass is 635 g/mol. The van der Waals surface area contributed by atoms with Crippen LogP contribution in [0.15, 0.2) is 152 Å². The topological polar surface area (TPSA) is 61.8 Å². The zero-order chi connectivity index (χ0) is 33.8. The first-order chi connectivity index (χ1) is 24.7. The molecule has 50 heavy (non-hydrogen) atoms. The third kappa shape index (κ3) is 4.38. The highest BCUT2D eigenvalue weighted by atomic mass is 15.0. The van der Waals surface area contributed by atoms with E-state index in [2.05, 4.69) is 98.9 Å². The summed E-state index contributed by atoms with van der Waals surface area (Å²) in [4.78, 5) is 3.85. The van der Waals surface area contributed by atoms with Crippen molar-refractivity contribution in [1.82, 2.24) is 9.13 Å². The largest absolute Gasteiger partial charge is 0.319 e. The maximum Gasteiger partial charge on any atom is 0.211 e. The van der Waals surface area contributed by atoms with Crippen molar-refractivity contribution in [2.45, 2.75) is 0 Å². The number of hydrogen-bond acceptors (Lipinski definition) is 2. The number of nitriles is 2. The van der Waals surface area contributed by atoms with Crippen LogP contribution in [0.3, 0.4) is 0 Å². The van der Waals surface area contributed by atoms with Crippen molar-refractivity contribution in [3.05, 3.63) is 174 Å². The molecule has 0 N–H and O–H groups in total. The van der Waals surface area contributed by atoms with Crippen LogP contribution in [0, 0.1) is 29.2 Å². The molecular formula is C45H25N5. The van der Waals surface area contributed by atoms with Gasteiger partial charge in [-0.05, 0) is 88.8 Å². The van der Waals surface area contributed by atoms with Crippen molar-refractivity contribution in [3.8, 4) is 45.8 Å². The molecule has 0 atom stereocenters. The van der Waals surface area contributed by atoms with Crippen molar-refractivity contribution in [1.29, 1.82) is 10.5 Å². The van der Waals surface area contributed by atoms with E-state index in [1.807, 2.05) is 78.9 Å². The van der Waals surface area contributed by atoms with Crippen molar-refractivity contribution in [2.24, 2.45) is 0 Å². The number of rotatable bonds is 4. The SMILES string of the molecule is [C-]#[N+]c1cccc2c3ccccc3n(-c3ccc(-c4cc(C#N)cc(-c5ccccc5-n5c6ccccc6c6cc(C#N)ccc65)c4)cc3)c12. The minimum atomic E-state index is 0.571. The summed E-state index contributed by atoms with van der Waals surface area (Å²) in [7, 11) is 0. The molecule has 5 heteroatoms. The van der Waals surface area contributed by atoms with Gasteiger partial charge in [-0.25, -0.2) is 4.85 Å². The molecule has 2 aromatic heterocycles. The second-order valence-electron chi connectivity index (χ2n) is 12.3. The third-order valence-electron chi connectivity index (χ3n) is 9.57. The van der Waals surface area contributed by atoms with Crippen LogP contribution in [0.5, 0.6) is 0 Å². The van der Waals surface area contributed by atoms with Crippen LogP contribution in [-0.2, 0) is 0 Å². The van der Waals surface area contributed by atoms with Crippen LogP contribution in [0.2, 0.25) is 0 Å². The fraction of sp³-hybridized carbons (Fsp3) is 0. The number of benzene rings is 7. The zero-order valence-corrected chi connectivity index (χ0v) is 26.7. The lowest BCUT2D eigenvalue weighted by molar-refractivity contribution is 1.18. The van der Waals surface area contributed by atoms with Crippen molar-refractivity contribution in [2.75, 3.05) is 0 Å². The third-order valence-corrected chi connectivity index (χ3v) is 9.57. The maximum atomic E-state index is 10.2. The van der Waals surface area contributed by atoms with E-state index in [9.17, 15) is 10.5 Å². The molecule has 0 unspecified atom stereocenters. The van der Waals surface area contributed by atoms with Gasteiger partial charge in [0, 0.05) is 27.4 Å². The molecular weight excluding hydrogens is 611 g/mol. The molecule has 9 rings (SSSR count). The summed E-state index contributed by atoms with van der Waals surface area (Å²) in [5.74, 6) is 0. The van der Waals surface area contributed by atoms with Crippen LogP contribution < -0.4 is 0 Å². The van der Waals surface area contributed by atoms with Gasteiger partial charge in [0.15, 0.2) is 0 Å². The predicted molar refractivity (Wildman–Crippen MR) is 202 cm³/mol. The van der Waals surface area contributed by atoms with E-state index in [0.29, 0.717) is 16.8 Å². The second kappa shape index (κ2) is 11.4. The van der Waals surface area contributed by atoms with Gasteiger partial charge in [-0.2, -0.15) is 10.5 Å². The summed E-state index contributed by atoms with van der Waals surface area (Å²) in [6.07, 6.45) is 0. The van der Waals surface area contributed by atoms with Gasteiger partial charge < -0.3 is 9.13 Å². The highest BCUT2D eigenvalue weighted by molar-refractivity contribution is 6.13. The quantitative estimate of drug-likeness (QED) is 0.181. The van der Waals surface area contributed by atoms with Gasteiger partial charge in [0.25, 0.3) is 0 Å². The van der Waals surface area contributed by atoms with E-state index in [1.54, 1.807) is 0 Å². The van der Waals surface area contributed by atoms with E-state index >= 15 is 0 Å². The first kappa shape index (κ1) is 28.8. The van der Waals surface area contributed by atoms with Gasteiger partial charge in [-0.15, -0.1) is 0 Å². The van der Waals surface area contributed by atoms with Crippen LogP contribution in [0.1, 0.15) is 11.1 Å². The molecule has 0 spiro atoms. The summed E-state index contributed by atoms with van der Waals surface area (Å²) in [5.41, 5.74) is 11.6. The van der Waals surface area contributed by atoms with Crippen LogP contribution >= 0.6 is 0 Å². The van der Waals surface area contributed by atoms with Gasteiger partial charge >= 0.3 is 0 Å². The van der Waals surface area contributed by atoms with Crippen molar-refractivity contribution in [3.63, 3.8) is 0 Å². The van der Waals surface area contributed by atoms with Gasteiger partial charge in [-0.1, -0.05) is 84.9 Å². The normalized spacial score (nSPS) is 11.1. The fourth-order valence-corrected chi connectivity index (χ4v) is 7.39. The lowest BCUT2D eigenvalue weighted by atomic mass is 9.95. The standard InChI is InChI=1S/C45H25N5/c1-48-40-13-8-12-38-36-10-3-6-15-42(36)49(45(38)40)34-20-18-31(19-21-34)32-23-30(28-47)24-33(26-32)35-9-2-5-14-41(35)50-43-16-7-4-11-37(43)39-25-29(27-46)17-22-44(39)50/h2-26H. The molecule has 0 amide bonds. The van der Waals surface area contributed by atoms with Gasteiger partial charge in [-0.3, -0.25) is 0 Å². The van der Waals surface area contributed by atoms with Crippen LogP contribution in [0.25, 0.3) is 82.1 Å². The van der Waals surface area contributed by atoms with Crippen LogP contribution in [-0.4, -0.2) is 9.13 Å². The smallest absolute Gasteiger partial charge is 0.211 e. The first-order valence-corrected chi connectivity index (χ1v) is 16.3. The molecule has 2 heterocycles. The number of aromatic nitrogens is 2. The summed E-state index contributed by atoms with van der Waals surface area (Å²) >= 11 is 0. The summed E-state index contributed by atoms with van der Waals surface area (Å²) < 4.78 is 4.41. The second-order valence-corrected chi connectivity index (χ2v) is 12.3. The number of hydrogen-bond donors (Lipinski definition) is 0. The molecule has 0 saturated carbocycles. The molecule has 7 aromatic carbocycles. The van der Waals surface area contributed by atoms with Crippen molar-refractivity contribution >= 4 is 49.3 Å². The van der Waals surface area contributed by atoms with E-state index in [0.717, 1.165) is 77.2 Å². The van der Waals surface area contributed by atoms with E-state index in [4.69, 9.17) is 6.57 Å². The van der Waals surface area contributed by atoms with E-state index in [-0.39, 0.29) is 0 Å². The highest BCUT2D eigenvalue weighted by Crippen LogP contribution is 2.40. The zero-order valence-electron chi connectivity index (χ0n) is 26.7. The molecule has 0 saturated heterocycles. The minimum absolute atomic E-state index is 0.571. The molecule has 0 fully saturated rings. The first-order valence-electron chi connectivity index (χ1n) is 16.3.